The first kappa shape index (κ1) is 23.2. The lowest BCUT2D eigenvalue weighted by molar-refractivity contribution is 0.544. The minimum Gasteiger partial charge on any atom is -0.281 e. The van der Waals surface area contributed by atoms with Gasteiger partial charge in [-0.25, -0.2) is 0 Å². The molecule has 1 N–H and O–H groups in total. The molecule has 28 heavy (non-hydrogen) atoms. The molecule has 1 atom stereocenters. The van der Waals surface area contributed by atoms with Crippen molar-refractivity contribution in [3.63, 3.8) is 0 Å². The number of nitrogens with zero attached hydrogens (tertiary/aromatic N) is 2. The van der Waals surface area contributed by atoms with E-state index < -0.39 is 0 Å². The zero-order valence-corrected chi connectivity index (χ0v) is 19.3. The number of hydrazone groups is 1. The number of hydrogen-bond donors (Lipinski definition) is 1. The van der Waals surface area contributed by atoms with Crippen LogP contribution in [0.4, 0.5) is 0 Å². The van der Waals surface area contributed by atoms with Gasteiger partial charge < -0.3 is 0 Å². The van der Waals surface area contributed by atoms with E-state index >= 15 is 0 Å². The van der Waals surface area contributed by atoms with Crippen molar-refractivity contribution in [2.24, 2.45) is 5.10 Å². The first-order valence-corrected chi connectivity index (χ1v) is 12.3. The molecule has 0 bridgehead atoms. The summed E-state index contributed by atoms with van der Waals surface area (Å²) in [6.45, 7) is 4.43. The van der Waals surface area contributed by atoms with Gasteiger partial charge in [-0.15, -0.1) is 0 Å². The first-order chi connectivity index (χ1) is 13.8. The van der Waals surface area contributed by atoms with Crippen LogP contribution < -0.4 is 5.43 Å². The fraction of sp³-hybridized carbons (Fsp3) is 0.652. The minimum absolute atomic E-state index is 0.00214. The quantitative estimate of drug-likeness (QED) is 0.184. The van der Waals surface area contributed by atoms with Crippen LogP contribution in [-0.2, 0) is 0 Å². The van der Waals surface area contributed by atoms with Crippen molar-refractivity contribution in [1.82, 2.24) is 9.73 Å². The predicted molar refractivity (Wildman–Crippen MR) is 128 cm³/mol. The second kappa shape index (κ2) is 14.0. The molecule has 1 aromatic rings. The van der Waals surface area contributed by atoms with Crippen LogP contribution in [0.15, 0.2) is 34.3 Å². The molecule has 1 heterocycles. The summed E-state index contributed by atoms with van der Waals surface area (Å²) in [7, 11) is 0. The molecule has 1 aliphatic heterocycles. The lowest BCUT2D eigenvalue weighted by Crippen LogP contribution is -2.35. The second-order valence-electron chi connectivity index (χ2n) is 7.71. The maximum Gasteiger partial charge on any atom is 0.156 e. The Morgan fingerprint density at radius 2 is 1.61 bits per heavy atom. The summed E-state index contributed by atoms with van der Waals surface area (Å²) in [5.74, 6) is 1.12. The molecule has 0 aliphatic carbocycles. The Hall–Kier alpha value is -1.07. The molecule has 0 fully saturated rings. The van der Waals surface area contributed by atoms with E-state index in [0.717, 1.165) is 12.3 Å². The summed E-state index contributed by atoms with van der Waals surface area (Å²) in [6, 6.07) is 8.49. The molecule has 0 spiro atoms. The van der Waals surface area contributed by atoms with Crippen LogP contribution >= 0.6 is 24.2 Å². The van der Waals surface area contributed by atoms with Gasteiger partial charge in [0.05, 0.1) is 0 Å². The second-order valence-corrected chi connectivity index (χ2v) is 8.99. The van der Waals surface area contributed by atoms with E-state index in [1.54, 1.807) is 17.3 Å². The van der Waals surface area contributed by atoms with Crippen molar-refractivity contribution < 1.29 is 0 Å². The monoisotopic (exact) mass is 419 g/mol. The Balaban J connectivity index is 1.63. The van der Waals surface area contributed by atoms with Gasteiger partial charge in [-0.1, -0.05) is 102 Å². The molecule has 0 saturated carbocycles. The molecular weight excluding hydrogens is 382 g/mol. The van der Waals surface area contributed by atoms with E-state index in [2.05, 4.69) is 52.9 Å². The molecule has 3 nitrogen and oxygen atoms in total. The zero-order valence-electron chi connectivity index (χ0n) is 17.7. The molecule has 0 aromatic heterocycles. The van der Waals surface area contributed by atoms with E-state index in [1.165, 1.54) is 81.1 Å². The molecule has 0 amide bonds. The van der Waals surface area contributed by atoms with Crippen molar-refractivity contribution in [3.05, 3.63) is 29.8 Å². The average molecular weight is 420 g/mol. The maximum absolute atomic E-state index is 5.20. The van der Waals surface area contributed by atoms with Gasteiger partial charge in [-0.2, -0.15) is 5.10 Å². The molecular formula is C23H37N3S2. The van der Waals surface area contributed by atoms with Crippen LogP contribution in [0.3, 0.4) is 0 Å². The number of aryl methyl sites for hydroxylation is 1. The maximum atomic E-state index is 5.20. The van der Waals surface area contributed by atoms with Crippen LogP contribution in [0, 0.1) is 6.92 Å². The summed E-state index contributed by atoms with van der Waals surface area (Å²) in [4.78, 5) is 1.26. The van der Waals surface area contributed by atoms with Crippen molar-refractivity contribution in [1.29, 1.82) is 0 Å². The third kappa shape index (κ3) is 8.12. The number of rotatable bonds is 15. The van der Waals surface area contributed by atoms with Gasteiger partial charge in [0.1, 0.15) is 5.84 Å². The van der Waals surface area contributed by atoms with Crippen LogP contribution in [0.1, 0.15) is 89.5 Å². The van der Waals surface area contributed by atoms with Gasteiger partial charge in [0, 0.05) is 16.7 Å². The minimum atomic E-state index is 0.00214. The number of unbranched alkanes of at least 4 members (excludes halogenated alkanes) is 10. The number of benzene rings is 1. The first-order valence-electron chi connectivity index (χ1n) is 11.1. The molecule has 1 aliphatic rings. The summed E-state index contributed by atoms with van der Waals surface area (Å²) >= 11 is 6.95. The Morgan fingerprint density at radius 1 is 1.00 bits per heavy atom. The smallest absolute Gasteiger partial charge is 0.156 e. The third-order valence-electron chi connectivity index (χ3n) is 5.26. The van der Waals surface area contributed by atoms with E-state index in [1.807, 2.05) is 0 Å². The van der Waals surface area contributed by atoms with Crippen LogP contribution in [-0.4, -0.2) is 21.7 Å². The van der Waals surface area contributed by atoms with Crippen molar-refractivity contribution in [3.8, 4) is 0 Å². The summed E-state index contributed by atoms with van der Waals surface area (Å²) < 4.78 is 2.24. The third-order valence-corrected chi connectivity index (χ3v) is 6.80. The highest BCUT2D eigenvalue weighted by atomic mass is 32.2. The van der Waals surface area contributed by atoms with Crippen molar-refractivity contribution in [2.45, 2.75) is 102 Å². The van der Waals surface area contributed by atoms with Crippen LogP contribution in [0.25, 0.3) is 0 Å². The van der Waals surface area contributed by atoms with Crippen molar-refractivity contribution >= 4 is 35.4 Å². The topological polar surface area (TPSA) is 27.6 Å². The van der Waals surface area contributed by atoms with Crippen LogP contribution in [0.5, 0.6) is 0 Å². The fourth-order valence-corrected chi connectivity index (χ4v) is 4.76. The van der Waals surface area contributed by atoms with E-state index in [4.69, 9.17) is 12.2 Å². The molecule has 0 radical (unpaired) electrons. The fourth-order valence-electron chi connectivity index (χ4n) is 3.48. The average Bonchev–Trinajstić information content (AvgIpc) is 3.09. The highest BCUT2D eigenvalue weighted by molar-refractivity contribution is 7.97. The number of hydrogen-bond acceptors (Lipinski definition) is 5. The van der Waals surface area contributed by atoms with Gasteiger partial charge in [0.25, 0.3) is 0 Å². The SMILES string of the molecule is CCCCCCCCCCCCCC1=NNC(C=S)N1Sc1ccccc1C. The molecule has 2 rings (SSSR count). The molecule has 1 aromatic carbocycles. The lowest BCUT2D eigenvalue weighted by Gasteiger charge is -2.23. The van der Waals surface area contributed by atoms with Gasteiger partial charge in [-0.3, -0.25) is 9.73 Å². The van der Waals surface area contributed by atoms with E-state index in [-0.39, 0.29) is 6.17 Å². The molecule has 1 unspecified atom stereocenters. The number of amidine groups is 1. The molecule has 0 saturated heterocycles. The summed E-state index contributed by atoms with van der Waals surface area (Å²) in [5.41, 5.74) is 4.46. The largest absolute Gasteiger partial charge is 0.281 e. The van der Waals surface area contributed by atoms with Gasteiger partial charge in [-0.05, 0) is 36.9 Å². The number of nitrogens with one attached hydrogen (secondary N) is 1. The van der Waals surface area contributed by atoms with Gasteiger partial charge in [0.2, 0.25) is 0 Å². The van der Waals surface area contributed by atoms with E-state index in [9.17, 15) is 0 Å². The van der Waals surface area contributed by atoms with Crippen LogP contribution in [0.2, 0.25) is 0 Å². The predicted octanol–water partition coefficient (Wildman–Crippen LogP) is 7.25. The van der Waals surface area contributed by atoms with E-state index in [0.29, 0.717) is 0 Å². The van der Waals surface area contributed by atoms with Gasteiger partial charge >= 0.3 is 0 Å². The Kier molecular flexibility index (Phi) is 11.6. The van der Waals surface area contributed by atoms with Gasteiger partial charge in [0.15, 0.2) is 6.17 Å². The number of thiocarbonyl (C=S) groups is 1. The zero-order chi connectivity index (χ0) is 20.0. The highest BCUT2D eigenvalue weighted by Crippen LogP contribution is 2.30. The van der Waals surface area contributed by atoms with Crippen molar-refractivity contribution in [2.75, 3.05) is 0 Å². The highest BCUT2D eigenvalue weighted by Gasteiger charge is 2.26. The Morgan fingerprint density at radius 3 is 2.21 bits per heavy atom. The Labute approximate surface area is 181 Å². The Bertz CT molecular complexity index is 603. The molecule has 156 valence electrons. The summed E-state index contributed by atoms with van der Waals surface area (Å²) in [5, 5.41) is 6.32. The lowest BCUT2D eigenvalue weighted by atomic mass is 10.1. The standard InChI is InChI=1S/C23H37N3S2/c1-3-4-5-6-7-8-9-10-11-12-13-18-22-24-25-23(19-27)26(22)28-21-17-15-14-16-20(21)2/h14-17,19,23,25H,3-13,18H2,1-2H3. The normalized spacial score (nSPS) is 16.1. The summed E-state index contributed by atoms with van der Waals surface area (Å²) in [6.07, 6.45) is 16.1. The molecule has 5 heteroatoms.